The van der Waals surface area contributed by atoms with E-state index in [4.69, 9.17) is 4.74 Å². The van der Waals surface area contributed by atoms with E-state index in [2.05, 4.69) is 0 Å². The molecule has 4 rings (SSSR count). The lowest BCUT2D eigenvalue weighted by Gasteiger charge is -2.12. The Morgan fingerprint density at radius 1 is 0.929 bits per heavy atom. The van der Waals surface area contributed by atoms with Crippen LogP contribution in [-0.4, -0.2) is 10.5 Å². The second-order valence-corrected chi connectivity index (χ2v) is 6.45. The Labute approximate surface area is 160 Å². The predicted molar refractivity (Wildman–Crippen MR) is 106 cm³/mol. The highest BCUT2D eigenvalue weighted by atomic mass is 19.1. The van der Waals surface area contributed by atoms with Crippen molar-refractivity contribution in [3.63, 3.8) is 0 Å². The first-order valence-corrected chi connectivity index (χ1v) is 8.72. The van der Waals surface area contributed by atoms with Crippen molar-refractivity contribution < 1.29 is 13.9 Å². The summed E-state index contributed by atoms with van der Waals surface area (Å²) in [6.45, 7) is 1.90. The molecule has 0 N–H and O–H groups in total. The molecule has 28 heavy (non-hydrogen) atoms. The smallest absolute Gasteiger partial charge is 0.345 e. The number of pyridine rings is 1. The monoisotopic (exact) mass is 373 g/mol. The fourth-order valence-corrected chi connectivity index (χ4v) is 3.09. The van der Waals surface area contributed by atoms with E-state index in [0.717, 1.165) is 5.56 Å². The highest BCUT2D eigenvalue weighted by Crippen LogP contribution is 2.21. The summed E-state index contributed by atoms with van der Waals surface area (Å²) in [4.78, 5) is 25.8. The van der Waals surface area contributed by atoms with Crippen molar-refractivity contribution in [3.05, 3.63) is 106 Å². The van der Waals surface area contributed by atoms with Gasteiger partial charge in [0.1, 0.15) is 11.6 Å². The van der Waals surface area contributed by atoms with E-state index in [9.17, 15) is 14.0 Å². The van der Waals surface area contributed by atoms with E-state index < -0.39 is 11.8 Å². The number of esters is 1. The van der Waals surface area contributed by atoms with Crippen LogP contribution in [0.15, 0.2) is 83.8 Å². The van der Waals surface area contributed by atoms with Crippen LogP contribution in [0.3, 0.4) is 0 Å². The van der Waals surface area contributed by atoms with Crippen molar-refractivity contribution >= 4 is 16.7 Å². The maximum Gasteiger partial charge on any atom is 0.345 e. The van der Waals surface area contributed by atoms with Gasteiger partial charge in [0.2, 0.25) is 0 Å². The zero-order valence-electron chi connectivity index (χ0n) is 15.1. The highest BCUT2D eigenvalue weighted by Gasteiger charge is 2.17. The Kier molecular flexibility index (Phi) is 4.49. The predicted octanol–water partition coefficient (Wildman–Crippen LogP) is 4.66. The maximum atomic E-state index is 13.3. The molecule has 0 aliphatic heterocycles. The third-order valence-electron chi connectivity index (χ3n) is 4.45. The fraction of sp³-hybridized carbons (Fsp3) is 0.0435. The number of carbonyl (C=O) groups excluding carboxylic acids is 1. The van der Waals surface area contributed by atoms with Gasteiger partial charge in [-0.05, 0) is 55.0 Å². The molecule has 5 heteroatoms. The molecule has 0 saturated heterocycles. The second kappa shape index (κ2) is 7.12. The summed E-state index contributed by atoms with van der Waals surface area (Å²) < 4.78 is 20.1. The van der Waals surface area contributed by atoms with Gasteiger partial charge in [-0.3, -0.25) is 9.36 Å². The van der Waals surface area contributed by atoms with E-state index in [1.54, 1.807) is 42.5 Å². The average molecular weight is 373 g/mol. The normalized spacial score (nSPS) is 10.8. The summed E-state index contributed by atoms with van der Waals surface area (Å²) in [5, 5.41) is 0.883. The molecule has 0 amide bonds. The minimum Gasteiger partial charge on any atom is -0.423 e. The van der Waals surface area contributed by atoms with Gasteiger partial charge in [-0.2, -0.15) is 0 Å². The standard InChI is InChI=1S/C23H16FNO3/c1-15-5-4-6-18(13-15)28-23(27)21-14-25(17-11-9-16(24)10-12-17)22(26)20-8-3-2-7-19(20)21/h2-14H,1H3. The van der Waals surface area contributed by atoms with Gasteiger partial charge in [0.15, 0.2) is 0 Å². The largest absolute Gasteiger partial charge is 0.423 e. The van der Waals surface area contributed by atoms with Gasteiger partial charge in [0, 0.05) is 22.7 Å². The number of benzene rings is 3. The van der Waals surface area contributed by atoms with Crippen molar-refractivity contribution in [1.82, 2.24) is 4.57 Å². The molecule has 1 heterocycles. The fourth-order valence-electron chi connectivity index (χ4n) is 3.09. The van der Waals surface area contributed by atoms with Crippen LogP contribution in [0.4, 0.5) is 4.39 Å². The third kappa shape index (κ3) is 3.30. The lowest BCUT2D eigenvalue weighted by Crippen LogP contribution is -2.22. The molecule has 0 aliphatic carbocycles. The molecule has 0 spiro atoms. The molecule has 0 radical (unpaired) electrons. The summed E-state index contributed by atoms with van der Waals surface area (Å²) in [5.41, 5.74) is 1.38. The van der Waals surface area contributed by atoms with Crippen LogP contribution in [0.1, 0.15) is 15.9 Å². The zero-order valence-corrected chi connectivity index (χ0v) is 15.1. The van der Waals surface area contributed by atoms with Crippen LogP contribution < -0.4 is 10.3 Å². The van der Waals surface area contributed by atoms with Crippen LogP contribution >= 0.6 is 0 Å². The van der Waals surface area contributed by atoms with E-state index >= 15 is 0 Å². The maximum absolute atomic E-state index is 13.3. The lowest BCUT2D eigenvalue weighted by atomic mass is 10.1. The first-order valence-electron chi connectivity index (χ1n) is 8.72. The average Bonchev–Trinajstić information content (AvgIpc) is 2.69. The second-order valence-electron chi connectivity index (χ2n) is 6.45. The topological polar surface area (TPSA) is 48.3 Å². The number of halogens is 1. The third-order valence-corrected chi connectivity index (χ3v) is 4.45. The first kappa shape index (κ1) is 17.7. The van der Waals surface area contributed by atoms with E-state index in [1.165, 1.54) is 35.0 Å². The number of ether oxygens (including phenoxy) is 1. The van der Waals surface area contributed by atoms with Crippen molar-refractivity contribution in [2.24, 2.45) is 0 Å². The molecule has 0 aliphatic rings. The molecule has 4 aromatic rings. The minimum atomic E-state index is -0.572. The summed E-state index contributed by atoms with van der Waals surface area (Å²) in [6.07, 6.45) is 1.44. The Bertz CT molecular complexity index is 1240. The van der Waals surface area contributed by atoms with Crippen molar-refractivity contribution in [2.75, 3.05) is 0 Å². The van der Waals surface area contributed by atoms with Crippen LogP contribution in [0.5, 0.6) is 5.75 Å². The SMILES string of the molecule is Cc1cccc(OC(=O)c2cn(-c3ccc(F)cc3)c(=O)c3ccccc23)c1. The Morgan fingerprint density at radius 2 is 1.64 bits per heavy atom. The number of fused-ring (bicyclic) bond motifs is 1. The molecule has 138 valence electrons. The molecular weight excluding hydrogens is 357 g/mol. The van der Waals surface area contributed by atoms with Gasteiger partial charge >= 0.3 is 5.97 Å². The summed E-state index contributed by atoms with van der Waals surface area (Å²) in [5.74, 6) is -0.553. The molecular formula is C23H16FNO3. The Morgan fingerprint density at radius 3 is 2.36 bits per heavy atom. The summed E-state index contributed by atoms with van der Waals surface area (Å²) in [6, 6.07) is 19.5. The molecule has 3 aromatic carbocycles. The van der Waals surface area contributed by atoms with Crippen LogP contribution in [-0.2, 0) is 0 Å². The molecule has 0 fully saturated rings. The summed E-state index contributed by atoms with van der Waals surface area (Å²) >= 11 is 0. The number of nitrogens with zero attached hydrogens (tertiary/aromatic N) is 1. The molecule has 0 saturated carbocycles. The molecule has 0 unspecified atom stereocenters. The number of hydrogen-bond donors (Lipinski definition) is 0. The van der Waals surface area contributed by atoms with Gasteiger partial charge in [0.05, 0.1) is 5.56 Å². The zero-order chi connectivity index (χ0) is 19.7. The number of carbonyl (C=O) groups is 1. The molecule has 1 aromatic heterocycles. The molecule has 4 nitrogen and oxygen atoms in total. The van der Waals surface area contributed by atoms with E-state index in [-0.39, 0.29) is 11.1 Å². The molecule has 0 bridgehead atoms. The summed E-state index contributed by atoms with van der Waals surface area (Å²) in [7, 11) is 0. The van der Waals surface area contributed by atoms with Crippen molar-refractivity contribution in [2.45, 2.75) is 6.92 Å². The number of hydrogen-bond acceptors (Lipinski definition) is 3. The number of aryl methyl sites for hydroxylation is 1. The van der Waals surface area contributed by atoms with Gasteiger partial charge in [0.25, 0.3) is 5.56 Å². The van der Waals surface area contributed by atoms with Crippen LogP contribution in [0.25, 0.3) is 16.5 Å². The Balaban J connectivity index is 1.87. The van der Waals surface area contributed by atoms with Gasteiger partial charge in [-0.25, -0.2) is 9.18 Å². The van der Waals surface area contributed by atoms with Crippen LogP contribution in [0, 0.1) is 12.7 Å². The van der Waals surface area contributed by atoms with E-state index in [0.29, 0.717) is 22.2 Å². The van der Waals surface area contributed by atoms with Gasteiger partial charge in [-0.15, -0.1) is 0 Å². The lowest BCUT2D eigenvalue weighted by molar-refractivity contribution is 0.0736. The number of aromatic nitrogens is 1. The van der Waals surface area contributed by atoms with Crippen molar-refractivity contribution in [3.8, 4) is 11.4 Å². The Hall–Kier alpha value is -3.73. The quantitative estimate of drug-likeness (QED) is 0.388. The highest BCUT2D eigenvalue weighted by molar-refractivity contribution is 6.04. The van der Waals surface area contributed by atoms with E-state index in [1.807, 2.05) is 13.0 Å². The first-order chi connectivity index (χ1) is 13.5. The van der Waals surface area contributed by atoms with Gasteiger partial charge < -0.3 is 4.74 Å². The van der Waals surface area contributed by atoms with Crippen LogP contribution in [0.2, 0.25) is 0 Å². The number of rotatable bonds is 3. The van der Waals surface area contributed by atoms with Gasteiger partial charge in [-0.1, -0.05) is 30.3 Å². The molecule has 0 atom stereocenters. The minimum absolute atomic E-state index is 0.251. The van der Waals surface area contributed by atoms with Crippen molar-refractivity contribution in [1.29, 1.82) is 0 Å².